The molecule has 1 aliphatic rings. The molecular formula is C20H20N4O2. The Balaban J connectivity index is 1.26. The Hall–Kier alpha value is -3.02. The van der Waals surface area contributed by atoms with Crippen LogP contribution in [0, 0.1) is 0 Å². The van der Waals surface area contributed by atoms with E-state index >= 15 is 0 Å². The van der Waals surface area contributed by atoms with Gasteiger partial charge in [-0.1, -0.05) is 29.4 Å². The third-order valence-corrected chi connectivity index (χ3v) is 4.74. The molecule has 0 spiro atoms. The van der Waals surface area contributed by atoms with E-state index in [9.17, 15) is 4.79 Å². The lowest BCUT2D eigenvalue weighted by Crippen LogP contribution is -2.26. The molecule has 1 N–H and O–H groups in total. The summed E-state index contributed by atoms with van der Waals surface area (Å²) in [5, 5.41) is 6.91. The zero-order valence-corrected chi connectivity index (χ0v) is 14.4. The molecule has 2 aromatic heterocycles. The first-order chi connectivity index (χ1) is 12.8. The molecule has 0 saturated heterocycles. The van der Waals surface area contributed by atoms with Gasteiger partial charge in [0.2, 0.25) is 17.6 Å². The summed E-state index contributed by atoms with van der Waals surface area (Å²) in [6.45, 7) is 0.488. The standard InChI is InChI=1S/C20H20N4O2/c25-18(12-15-8-7-14-4-1-2-6-17(14)15)22-11-9-19-23-20(24-26-19)16-5-3-10-21-13-16/h1-6,10,13,15H,7-9,11-12H2,(H,22,25)/t15-/m0/s1. The van der Waals surface area contributed by atoms with E-state index in [1.165, 1.54) is 11.1 Å². The Morgan fingerprint density at radius 1 is 1.23 bits per heavy atom. The summed E-state index contributed by atoms with van der Waals surface area (Å²) < 4.78 is 5.24. The van der Waals surface area contributed by atoms with Gasteiger partial charge in [0.25, 0.3) is 0 Å². The predicted octanol–water partition coefficient (Wildman–Crippen LogP) is 2.91. The Bertz CT molecular complexity index is 892. The van der Waals surface area contributed by atoms with E-state index in [2.05, 4.69) is 38.6 Å². The van der Waals surface area contributed by atoms with Crippen LogP contribution in [0.4, 0.5) is 0 Å². The zero-order valence-electron chi connectivity index (χ0n) is 14.4. The van der Waals surface area contributed by atoms with Crippen molar-refractivity contribution in [2.45, 2.75) is 31.6 Å². The maximum absolute atomic E-state index is 12.2. The Morgan fingerprint density at radius 2 is 2.15 bits per heavy atom. The molecule has 6 heteroatoms. The van der Waals surface area contributed by atoms with Crippen molar-refractivity contribution < 1.29 is 9.32 Å². The highest BCUT2D eigenvalue weighted by molar-refractivity contribution is 5.77. The third-order valence-electron chi connectivity index (χ3n) is 4.74. The lowest BCUT2D eigenvalue weighted by molar-refractivity contribution is -0.121. The Kier molecular flexibility index (Phi) is 4.73. The van der Waals surface area contributed by atoms with E-state index in [1.54, 1.807) is 12.4 Å². The summed E-state index contributed by atoms with van der Waals surface area (Å²) in [4.78, 5) is 20.6. The molecule has 1 aromatic carbocycles. The van der Waals surface area contributed by atoms with Crippen LogP contribution in [-0.4, -0.2) is 27.6 Å². The largest absolute Gasteiger partial charge is 0.356 e. The maximum Gasteiger partial charge on any atom is 0.228 e. The smallest absolute Gasteiger partial charge is 0.228 e. The van der Waals surface area contributed by atoms with Gasteiger partial charge in [-0.25, -0.2) is 0 Å². The number of carbonyl (C=O) groups is 1. The molecule has 1 atom stereocenters. The maximum atomic E-state index is 12.2. The molecule has 4 rings (SSSR count). The van der Waals surface area contributed by atoms with E-state index in [0.29, 0.717) is 37.0 Å². The minimum atomic E-state index is 0.0682. The fourth-order valence-electron chi connectivity index (χ4n) is 3.43. The summed E-state index contributed by atoms with van der Waals surface area (Å²) in [6, 6.07) is 12.1. The van der Waals surface area contributed by atoms with Crippen LogP contribution in [0.15, 0.2) is 53.3 Å². The predicted molar refractivity (Wildman–Crippen MR) is 96.4 cm³/mol. The van der Waals surface area contributed by atoms with Gasteiger partial charge in [-0.05, 0) is 42.0 Å². The van der Waals surface area contributed by atoms with E-state index in [-0.39, 0.29) is 5.91 Å². The van der Waals surface area contributed by atoms with Crippen molar-refractivity contribution in [3.05, 3.63) is 65.8 Å². The first kappa shape index (κ1) is 16.4. The highest BCUT2D eigenvalue weighted by Gasteiger charge is 2.24. The lowest BCUT2D eigenvalue weighted by atomic mass is 9.97. The van der Waals surface area contributed by atoms with Crippen molar-refractivity contribution >= 4 is 5.91 Å². The first-order valence-corrected chi connectivity index (χ1v) is 8.87. The summed E-state index contributed by atoms with van der Waals surface area (Å²) in [5.74, 6) is 1.42. The average molecular weight is 348 g/mol. The van der Waals surface area contributed by atoms with Gasteiger partial charge in [0, 0.05) is 37.3 Å². The number of amides is 1. The van der Waals surface area contributed by atoms with Crippen LogP contribution in [-0.2, 0) is 17.6 Å². The van der Waals surface area contributed by atoms with E-state index in [0.717, 1.165) is 18.4 Å². The fourth-order valence-corrected chi connectivity index (χ4v) is 3.43. The number of hydrogen-bond acceptors (Lipinski definition) is 5. The molecule has 3 aromatic rings. The van der Waals surface area contributed by atoms with E-state index in [1.807, 2.05) is 18.2 Å². The number of fused-ring (bicyclic) bond motifs is 1. The minimum Gasteiger partial charge on any atom is -0.356 e. The molecule has 1 aliphatic carbocycles. The number of aryl methyl sites for hydroxylation is 1. The number of nitrogens with zero attached hydrogens (tertiary/aromatic N) is 3. The summed E-state index contributed by atoms with van der Waals surface area (Å²) in [6.07, 6.45) is 6.54. The van der Waals surface area contributed by atoms with Crippen LogP contribution >= 0.6 is 0 Å². The number of pyridine rings is 1. The van der Waals surface area contributed by atoms with Crippen LogP contribution in [0.2, 0.25) is 0 Å². The fraction of sp³-hybridized carbons (Fsp3) is 0.300. The third kappa shape index (κ3) is 3.64. The van der Waals surface area contributed by atoms with Crippen LogP contribution in [0.5, 0.6) is 0 Å². The van der Waals surface area contributed by atoms with Crippen molar-refractivity contribution in [3.8, 4) is 11.4 Å². The molecule has 0 fully saturated rings. The molecule has 0 bridgehead atoms. The summed E-state index contributed by atoms with van der Waals surface area (Å²) >= 11 is 0. The number of rotatable bonds is 6. The normalized spacial score (nSPS) is 15.6. The molecular weight excluding hydrogens is 328 g/mol. The molecule has 132 valence electrons. The molecule has 0 saturated carbocycles. The van der Waals surface area contributed by atoms with Gasteiger partial charge in [0.05, 0.1) is 0 Å². The monoisotopic (exact) mass is 348 g/mol. The molecule has 26 heavy (non-hydrogen) atoms. The number of nitrogens with one attached hydrogen (secondary N) is 1. The minimum absolute atomic E-state index is 0.0682. The van der Waals surface area contributed by atoms with Crippen LogP contribution < -0.4 is 5.32 Å². The molecule has 0 unspecified atom stereocenters. The van der Waals surface area contributed by atoms with Crippen molar-refractivity contribution in [1.29, 1.82) is 0 Å². The number of benzene rings is 1. The van der Waals surface area contributed by atoms with Gasteiger partial charge >= 0.3 is 0 Å². The molecule has 2 heterocycles. The van der Waals surface area contributed by atoms with Crippen molar-refractivity contribution in [2.24, 2.45) is 0 Å². The Morgan fingerprint density at radius 3 is 3.04 bits per heavy atom. The molecule has 1 amide bonds. The molecule has 0 radical (unpaired) electrons. The van der Waals surface area contributed by atoms with Crippen LogP contribution in [0.1, 0.15) is 35.8 Å². The van der Waals surface area contributed by atoms with E-state index in [4.69, 9.17) is 4.52 Å². The number of carbonyl (C=O) groups excluding carboxylic acids is 1. The second kappa shape index (κ2) is 7.47. The highest BCUT2D eigenvalue weighted by atomic mass is 16.5. The van der Waals surface area contributed by atoms with Gasteiger partial charge < -0.3 is 9.84 Å². The summed E-state index contributed by atoms with van der Waals surface area (Å²) in [5.41, 5.74) is 3.51. The zero-order chi connectivity index (χ0) is 17.8. The van der Waals surface area contributed by atoms with Crippen molar-refractivity contribution in [3.63, 3.8) is 0 Å². The quantitative estimate of drug-likeness (QED) is 0.741. The first-order valence-electron chi connectivity index (χ1n) is 8.87. The van der Waals surface area contributed by atoms with Gasteiger partial charge in [-0.2, -0.15) is 4.98 Å². The van der Waals surface area contributed by atoms with Crippen LogP contribution in [0.3, 0.4) is 0 Å². The molecule has 6 nitrogen and oxygen atoms in total. The van der Waals surface area contributed by atoms with Gasteiger partial charge in [-0.3, -0.25) is 9.78 Å². The second-order valence-electron chi connectivity index (χ2n) is 6.49. The van der Waals surface area contributed by atoms with Gasteiger partial charge in [0.15, 0.2) is 0 Å². The van der Waals surface area contributed by atoms with Crippen molar-refractivity contribution in [2.75, 3.05) is 6.54 Å². The lowest BCUT2D eigenvalue weighted by Gasteiger charge is -2.11. The SMILES string of the molecule is O=C(C[C@@H]1CCc2ccccc21)NCCc1nc(-c2cccnc2)no1. The van der Waals surface area contributed by atoms with E-state index < -0.39 is 0 Å². The highest BCUT2D eigenvalue weighted by Crippen LogP contribution is 2.34. The number of hydrogen-bond donors (Lipinski definition) is 1. The molecule has 0 aliphatic heterocycles. The average Bonchev–Trinajstić information content (AvgIpc) is 3.30. The van der Waals surface area contributed by atoms with Crippen LogP contribution in [0.25, 0.3) is 11.4 Å². The number of aromatic nitrogens is 3. The topological polar surface area (TPSA) is 80.9 Å². The van der Waals surface area contributed by atoms with Gasteiger partial charge in [-0.15, -0.1) is 0 Å². The van der Waals surface area contributed by atoms with Gasteiger partial charge in [0.1, 0.15) is 0 Å². The Labute approximate surface area is 151 Å². The summed E-state index contributed by atoms with van der Waals surface area (Å²) in [7, 11) is 0. The van der Waals surface area contributed by atoms with Crippen molar-refractivity contribution in [1.82, 2.24) is 20.4 Å². The second-order valence-corrected chi connectivity index (χ2v) is 6.49.